The minimum absolute atomic E-state index is 0.0192. The third kappa shape index (κ3) is 5.85. The van der Waals surface area contributed by atoms with E-state index in [0.717, 1.165) is 19.3 Å². The SMILES string of the molecule is CC(C)=CCC/C(C)=C\C=N/NC(=O)[C@@H]1C[C@H]1c1ccccc1. The molecule has 1 aromatic carbocycles. The van der Waals surface area contributed by atoms with Crippen molar-refractivity contribution in [3.05, 3.63) is 59.2 Å². The monoisotopic (exact) mass is 310 g/mol. The highest BCUT2D eigenvalue weighted by molar-refractivity contribution is 5.84. The van der Waals surface area contributed by atoms with Crippen LogP contribution in [0, 0.1) is 5.92 Å². The van der Waals surface area contributed by atoms with E-state index in [9.17, 15) is 4.79 Å². The third-order valence-electron chi connectivity index (χ3n) is 4.05. The lowest BCUT2D eigenvalue weighted by Gasteiger charge is -2.00. The summed E-state index contributed by atoms with van der Waals surface area (Å²) in [5, 5.41) is 4.03. The van der Waals surface area contributed by atoms with Crippen molar-refractivity contribution >= 4 is 12.1 Å². The lowest BCUT2D eigenvalue weighted by molar-refractivity contribution is -0.122. The van der Waals surface area contributed by atoms with Gasteiger partial charge in [-0.15, -0.1) is 0 Å². The van der Waals surface area contributed by atoms with Gasteiger partial charge < -0.3 is 0 Å². The van der Waals surface area contributed by atoms with Gasteiger partial charge in [-0.25, -0.2) is 5.43 Å². The van der Waals surface area contributed by atoms with Gasteiger partial charge in [0.25, 0.3) is 0 Å². The predicted molar refractivity (Wildman–Crippen MR) is 96.3 cm³/mol. The quantitative estimate of drug-likeness (QED) is 0.447. The summed E-state index contributed by atoms with van der Waals surface area (Å²) in [6.07, 6.45) is 8.85. The van der Waals surface area contributed by atoms with Crippen LogP contribution < -0.4 is 5.43 Å². The number of amides is 1. The average molecular weight is 310 g/mol. The van der Waals surface area contributed by atoms with Crippen molar-refractivity contribution in [3.63, 3.8) is 0 Å². The maximum atomic E-state index is 12.0. The standard InChI is InChI=1S/C20H26N2O/c1-15(2)8-7-9-16(3)12-13-21-22-20(23)19-14-18(19)17-10-5-4-6-11-17/h4-6,8,10-13,18-19H,7,9,14H2,1-3H3,(H,22,23)/b16-12-,21-13-/t18-,19+/m0/s1. The topological polar surface area (TPSA) is 41.5 Å². The van der Waals surface area contributed by atoms with E-state index in [1.54, 1.807) is 6.21 Å². The fourth-order valence-corrected chi connectivity index (χ4v) is 2.57. The normalized spacial score (nSPS) is 20.4. The minimum atomic E-state index is 0.0192. The zero-order valence-electron chi connectivity index (χ0n) is 14.3. The Hall–Kier alpha value is -2.16. The van der Waals surface area contributed by atoms with Gasteiger partial charge in [-0.2, -0.15) is 5.10 Å². The Morgan fingerprint density at radius 2 is 2.00 bits per heavy atom. The molecule has 1 fully saturated rings. The van der Waals surface area contributed by atoms with E-state index in [4.69, 9.17) is 0 Å². The third-order valence-corrected chi connectivity index (χ3v) is 4.05. The van der Waals surface area contributed by atoms with Crippen LogP contribution in [0.1, 0.15) is 51.5 Å². The Balaban J connectivity index is 1.72. The molecular weight excluding hydrogens is 284 g/mol. The number of nitrogens with zero attached hydrogens (tertiary/aromatic N) is 1. The maximum absolute atomic E-state index is 12.0. The number of nitrogens with one attached hydrogen (secondary N) is 1. The van der Waals surface area contributed by atoms with Crippen molar-refractivity contribution in [1.82, 2.24) is 5.43 Å². The molecule has 3 nitrogen and oxygen atoms in total. The van der Waals surface area contributed by atoms with Crippen molar-refractivity contribution in [2.75, 3.05) is 0 Å². The van der Waals surface area contributed by atoms with E-state index in [-0.39, 0.29) is 11.8 Å². The molecule has 0 aliphatic heterocycles. The molecule has 1 N–H and O–H groups in total. The van der Waals surface area contributed by atoms with Gasteiger partial charge in [-0.1, -0.05) is 47.6 Å². The second-order valence-corrected chi connectivity index (χ2v) is 6.45. The van der Waals surface area contributed by atoms with Crippen LogP contribution in [0.3, 0.4) is 0 Å². The van der Waals surface area contributed by atoms with Crippen LogP contribution in [0.2, 0.25) is 0 Å². The fraction of sp³-hybridized carbons (Fsp3) is 0.400. The largest absolute Gasteiger partial charge is 0.273 e. The first-order chi connectivity index (χ1) is 11.1. The highest BCUT2D eigenvalue weighted by Crippen LogP contribution is 2.47. The zero-order valence-corrected chi connectivity index (χ0v) is 14.3. The fourth-order valence-electron chi connectivity index (χ4n) is 2.57. The van der Waals surface area contributed by atoms with E-state index >= 15 is 0 Å². The Morgan fingerprint density at radius 1 is 1.26 bits per heavy atom. The van der Waals surface area contributed by atoms with Crippen molar-refractivity contribution in [2.24, 2.45) is 11.0 Å². The Bertz CT molecular complexity index is 610. The van der Waals surface area contributed by atoms with E-state index < -0.39 is 0 Å². The Morgan fingerprint density at radius 3 is 2.70 bits per heavy atom. The molecule has 0 heterocycles. The number of allylic oxidation sites excluding steroid dienone is 4. The number of hydrogen-bond acceptors (Lipinski definition) is 2. The molecule has 1 aliphatic carbocycles. The first-order valence-corrected chi connectivity index (χ1v) is 8.25. The number of carbonyl (C=O) groups excluding carboxylic acids is 1. The minimum Gasteiger partial charge on any atom is -0.273 e. The Kier molecular flexibility index (Phi) is 6.33. The van der Waals surface area contributed by atoms with Gasteiger partial charge in [0.15, 0.2) is 0 Å². The molecule has 3 heteroatoms. The molecule has 0 bridgehead atoms. The van der Waals surface area contributed by atoms with Crippen LogP contribution in [0.5, 0.6) is 0 Å². The Labute approximate surface area is 139 Å². The van der Waals surface area contributed by atoms with Gasteiger partial charge in [-0.05, 0) is 57.6 Å². The van der Waals surface area contributed by atoms with Crippen LogP contribution >= 0.6 is 0 Å². The lowest BCUT2D eigenvalue weighted by Crippen LogP contribution is -2.19. The van der Waals surface area contributed by atoms with E-state index in [1.165, 1.54) is 16.7 Å². The van der Waals surface area contributed by atoms with Gasteiger partial charge >= 0.3 is 0 Å². The molecular formula is C20H26N2O. The summed E-state index contributed by atoms with van der Waals surface area (Å²) in [6, 6.07) is 10.2. The number of rotatable bonds is 7. The highest BCUT2D eigenvalue weighted by atomic mass is 16.2. The zero-order chi connectivity index (χ0) is 16.7. The van der Waals surface area contributed by atoms with Gasteiger partial charge in [-0.3, -0.25) is 4.79 Å². The molecule has 1 saturated carbocycles. The van der Waals surface area contributed by atoms with Gasteiger partial charge in [0.05, 0.1) is 0 Å². The number of carbonyl (C=O) groups is 1. The summed E-state index contributed by atoms with van der Waals surface area (Å²) in [4.78, 5) is 12.0. The van der Waals surface area contributed by atoms with Gasteiger partial charge in [0.1, 0.15) is 0 Å². The summed E-state index contributed by atoms with van der Waals surface area (Å²) >= 11 is 0. The highest BCUT2D eigenvalue weighted by Gasteiger charge is 2.43. The molecule has 2 atom stereocenters. The van der Waals surface area contributed by atoms with Crippen molar-refractivity contribution in [3.8, 4) is 0 Å². The molecule has 0 spiro atoms. The summed E-state index contributed by atoms with van der Waals surface area (Å²) < 4.78 is 0. The first kappa shape index (κ1) is 17.2. The molecule has 0 aromatic heterocycles. The summed E-state index contributed by atoms with van der Waals surface area (Å²) in [5.74, 6) is 0.440. The molecule has 122 valence electrons. The van der Waals surface area contributed by atoms with Gasteiger partial charge in [0, 0.05) is 12.1 Å². The molecule has 0 radical (unpaired) electrons. The van der Waals surface area contributed by atoms with Crippen LogP contribution in [-0.4, -0.2) is 12.1 Å². The van der Waals surface area contributed by atoms with Crippen LogP contribution in [0.4, 0.5) is 0 Å². The predicted octanol–water partition coefficient (Wildman–Crippen LogP) is 4.58. The second-order valence-electron chi connectivity index (χ2n) is 6.45. The molecule has 0 saturated heterocycles. The summed E-state index contributed by atoms with van der Waals surface area (Å²) in [5.41, 5.74) is 6.49. The number of hydrogen-bond donors (Lipinski definition) is 1. The molecule has 1 aliphatic rings. The summed E-state index contributed by atoms with van der Waals surface area (Å²) in [7, 11) is 0. The molecule has 0 unspecified atom stereocenters. The summed E-state index contributed by atoms with van der Waals surface area (Å²) in [6.45, 7) is 6.30. The molecule has 23 heavy (non-hydrogen) atoms. The maximum Gasteiger partial charge on any atom is 0.243 e. The van der Waals surface area contributed by atoms with E-state index in [0.29, 0.717) is 5.92 Å². The smallest absolute Gasteiger partial charge is 0.243 e. The molecule has 2 rings (SSSR count). The molecule has 1 aromatic rings. The van der Waals surface area contributed by atoms with E-state index in [1.807, 2.05) is 24.3 Å². The van der Waals surface area contributed by atoms with Crippen LogP contribution in [0.15, 0.2) is 58.7 Å². The second kappa shape index (κ2) is 8.47. The van der Waals surface area contributed by atoms with Crippen LogP contribution in [0.25, 0.3) is 0 Å². The molecule has 1 amide bonds. The number of hydrazone groups is 1. The van der Waals surface area contributed by atoms with Crippen LogP contribution in [-0.2, 0) is 4.79 Å². The van der Waals surface area contributed by atoms with E-state index in [2.05, 4.69) is 49.5 Å². The lowest BCUT2D eigenvalue weighted by atomic mass is 10.1. The van der Waals surface area contributed by atoms with Crippen molar-refractivity contribution in [2.45, 2.75) is 46.0 Å². The first-order valence-electron chi connectivity index (χ1n) is 8.25. The average Bonchev–Trinajstić information content (AvgIpc) is 3.32. The van der Waals surface area contributed by atoms with Crippen molar-refractivity contribution in [1.29, 1.82) is 0 Å². The van der Waals surface area contributed by atoms with Crippen molar-refractivity contribution < 1.29 is 4.79 Å². The van der Waals surface area contributed by atoms with Gasteiger partial charge in [0.2, 0.25) is 5.91 Å². The number of benzene rings is 1.